The lowest BCUT2D eigenvalue weighted by Gasteiger charge is -2.12. The average molecular weight is 358 g/mol. The average Bonchev–Trinajstić information content (AvgIpc) is 2.70. The summed E-state index contributed by atoms with van der Waals surface area (Å²) in [4.78, 5) is 16.7. The number of rotatable bonds is 6. The van der Waals surface area contributed by atoms with Gasteiger partial charge < -0.3 is 15.4 Å². The molecule has 0 saturated heterocycles. The van der Waals surface area contributed by atoms with Crippen molar-refractivity contribution in [1.82, 2.24) is 4.98 Å². The fraction of sp³-hybridized carbons (Fsp3) is 0.0952. The van der Waals surface area contributed by atoms with Crippen molar-refractivity contribution in [3.05, 3.63) is 78.1 Å². The molecule has 3 rings (SSSR count). The second-order valence-electron chi connectivity index (χ2n) is 5.66. The third-order valence-electron chi connectivity index (χ3n) is 3.74. The van der Waals surface area contributed by atoms with E-state index in [4.69, 9.17) is 10.00 Å². The summed E-state index contributed by atoms with van der Waals surface area (Å²) in [7, 11) is 0. The lowest BCUT2D eigenvalue weighted by Crippen LogP contribution is -2.13. The Hall–Kier alpha value is -3.85. The quantitative estimate of drug-likeness (QED) is 0.684. The number of para-hydroxylation sites is 2. The molecule has 0 aliphatic heterocycles. The summed E-state index contributed by atoms with van der Waals surface area (Å²) in [6.45, 7) is 2.40. The van der Waals surface area contributed by atoms with Gasteiger partial charge >= 0.3 is 0 Å². The topological polar surface area (TPSA) is 87.0 Å². The van der Waals surface area contributed by atoms with Crippen LogP contribution in [0, 0.1) is 11.3 Å². The molecular formula is C21H18N4O2. The number of pyridine rings is 1. The van der Waals surface area contributed by atoms with Crippen LogP contribution in [0.15, 0.2) is 67.0 Å². The first-order valence-electron chi connectivity index (χ1n) is 8.45. The molecule has 3 aromatic rings. The number of aromatic nitrogens is 1. The summed E-state index contributed by atoms with van der Waals surface area (Å²) in [6.07, 6.45) is 3.13. The van der Waals surface area contributed by atoms with Crippen LogP contribution in [0.4, 0.5) is 17.1 Å². The second kappa shape index (κ2) is 8.50. The highest BCUT2D eigenvalue weighted by molar-refractivity contribution is 6.05. The predicted molar refractivity (Wildman–Crippen MR) is 104 cm³/mol. The third kappa shape index (κ3) is 4.61. The van der Waals surface area contributed by atoms with Gasteiger partial charge in [-0.05, 0) is 49.4 Å². The van der Waals surface area contributed by atoms with Gasteiger partial charge in [-0.1, -0.05) is 12.1 Å². The van der Waals surface area contributed by atoms with E-state index in [1.54, 1.807) is 48.7 Å². The van der Waals surface area contributed by atoms with E-state index in [9.17, 15) is 4.79 Å². The van der Waals surface area contributed by atoms with E-state index in [0.717, 1.165) is 5.69 Å². The van der Waals surface area contributed by atoms with Gasteiger partial charge in [-0.15, -0.1) is 0 Å². The molecule has 0 fully saturated rings. The predicted octanol–water partition coefficient (Wildman–Crippen LogP) is 4.35. The summed E-state index contributed by atoms with van der Waals surface area (Å²) in [6, 6.07) is 18.1. The first kappa shape index (κ1) is 18.0. The Morgan fingerprint density at radius 1 is 1.11 bits per heavy atom. The van der Waals surface area contributed by atoms with Crippen LogP contribution in [-0.2, 0) is 0 Å². The second-order valence-corrected chi connectivity index (χ2v) is 5.66. The number of carbonyl (C=O) groups is 1. The third-order valence-corrected chi connectivity index (χ3v) is 3.74. The van der Waals surface area contributed by atoms with Crippen LogP contribution < -0.4 is 15.4 Å². The largest absolute Gasteiger partial charge is 0.492 e. The number of carbonyl (C=O) groups excluding carboxylic acids is 1. The fourth-order valence-corrected chi connectivity index (χ4v) is 2.47. The van der Waals surface area contributed by atoms with Gasteiger partial charge in [0.2, 0.25) is 0 Å². The van der Waals surface area contributed by atoms with Crippen molar-refractivity contribution in [2.45, 2.75) is 6.92 Å². The number of nitrogens with zero attached hydrogens (tertiary/aromatic N) is 2. The summed E-state index contributed by atoms with van der Waals surface area (Å²) in [5.41, 5.74) is 3.08. The normalized spacial score (nSPS) is 9.93. The van der Waals surface area contributed by atoms with Crippen molar-refractivity contribution in [2.75, 3.05) is 17.2 Å². The standard InChI is InChI=1S/C21H18N4O2/c1-2-27-20-6-4-3-5-19(20)25-21(26)16-11-18(14-23-13-16)24-17-9-7-15(12-22)8-10-17/h3-11,13-14,24H,2H2,1H3,(H,25,26). The van der Waals surface area contributed by atoms with E-state index in [0.29, 0.717) is 34.9 Å². The molecular weight excluding hydrogens is 340 g/mol. The smallest absolute Gasteiger partial charge is 0.257 e. The Morgan fingerprint density at radius 3 is 2.63 bits per heavy atom. The highest BCUT2D eigenvalue weighted by atomic mass is 16.5. The Kier molecular flexibility index (Phi) is 5.65. The number of amides is 1. The number of anilines is 3. The molecule has 27 heavy (non-hydrogen) atoms. The highest BCUT2D eigenvalue weighted by Gasteiger charge is 2.11. The van der Waals surface area contributed by atoms with Gasteiger partial charge in [0, 0.05) is 11.9 Å². The van der Waals surface area contributed by atoms with Crippen molar-refractivity contribution >= 4 is 23.0 Å². The van der Waals surface area contributed by atoms with Crippen molar-refractivity contribution < 1.29 is 9.53 Å². The lowest BCUT2D eigenvalue weighted by molar-refractivity contribution is 0.102. The van der Waals surface area contributed by atoms with Gasteiger partial charge in [-0.3, -0.25) is 9.78 Å². The molecule has 2 aromatic carbocycles. The molecule has 0 unspecified atom stereocenters. The minimum absolute atomic E-state index is 0.280. The molecule has 0 aliphatic rings. The zero-order chi connectivity index (χ0) is 19.1. The number of nitriles is 1. The van der Waals surface area contributed by atoms with Gasteiger partial charge in [0.1, 0.15) is 5.75 Å². The maximum atomic E-state index is 12.6. The van der Waals surface area contributed by atoms with Crippen LogP contribution in [0.5, 0.6) is 5.75 Å². The first-order chi connectivity index (χ1) is 13.2. The summed E-state index contributed by atoms with van der Waals surface area (Å²) in [5.74, 6) is 0.339. The van der Waals surface area contributed by atoms with E-state index in [1.165, 1.54) is 6.20 Å². The molecule has 2 N–H and O–H groups in total. The van der Waals surface area contributed by atoms with Crippen molar-refractivity contribution in [3.8, 4) is 11.8 Å². The van der Waals surface area contributed by atoms with Gasteiger partial charge in [-0.25, -0.2) is 0 Å². The Balaban J connectivity index is 1.74. The highest BCUT2D eigenvalue weighted by Crippen LogP contribution is 2.25. The summed E-state index contributed by atoms with van der Waals surface area (Å²) < 4.78 is 5.53. The first-order valence-corrected chi connectivity index (χ1v) is 8.45. The van der Waals surface area contributed by atoms with Crippen molar-refractivity contribution in [2.24, 2.45) is 0 Å². The van der Waals surface area contributed by atoms with E-state index in [2.05, 4.69) is 21.7 Å². The zero-order valence-corrected chi connectivity index (χ0v) is 14.8. The molecule has 0 bridgehead atoms. The van der Waals surface area contributed by atoms with E-state index >= 15 is 0 Å². The number of benzene rings is 2. The minimum Gasteiger partial charge on any atom is -0.492 e. The molecule has 1 amide bonds. The van der Waals surface area contributed by atoms with Gasteiger partial charge in [-0.2, -0.15) is 5.26 Å². The molecule has 0 saturated carbocycles. The Bertz CT molecular complexity index is 978. The van der Waals surface area contributed by atoms with Gasteiger partial charge in [0.05, 0.1) is 41.4 Å². The molecule has 6 heteroatoms. The summed E-state index contributed by atoms with van der Waals surface area (Å²) in [5, 5.41) is 14.9. The lowest BCUT2D eigenvalue weighted by atomic mass is 10.2. The van der Waals surface area contributed by atoms with Crippen molar-refractivity contribution in [3.63, 3.8) is 0 Å². The molecule has 0 atom stereocenters. The number of nitrogens with one attached hydrogen (secondary N) is 2. The Morgan fingerprint density at radius 2 is 1.89 bits per heavy atom. The van der Waals surface area contributed by atoms with Crippen LogP contribution >= 0.6 is 0 Å². The van der Waals surface area contributed by atoms with Crippen molar-refractivity contribution in [1.29, 1.82) is 5.26 Å². The van der Waals surface area contributed by atoms with Crippen LogP contribution in [0.2, 0.25) is 0 Å². The Labute approximate surface area is 157 Å². The SMILES string of the molecule is CCOc1ccccc1NC(=O)c1cncc(Nc2ccc(C#N)cc2)c1. The van der Waals surface area contributed by atoms with E-state index in [-0.39, 0.29) is 5.91 Å². The molecule has 0 aliphatic carbocycles. The number of hydrogen-bond acceptors (Lipinski definition) is 5. The molecule has 6 nitrogen and oxygen atoms in total. The maximum Gasteiger partial charge on any atom is 0.257 e. The van der Waals surface area contributed by atoms with Gasteiger partial charge in [0.15, 0.2) is 0 Å². The zero-order valence-electron chi connectivity index (χ0n) is 14.8. The molecule has 0 radical (unpaired) electrons. The van der Waals surface area contributed by atoms with Crippen LogP contribution in [-0.4, -0.2) is 17.5 Å². The fourth-order valence-electron chi connectivity index (χ4n) is 2.47. The molecule has 1 aromatic heterocycles. The minimum atomic E-state index is -0.280. The molecule has 134 valence electrons. The van der Waals surface area contributed by atoms with Gasteiger partial charge in [0.25, 0.3) is 5.91 Å². The number of hydrogen-bond donors (Lipinski definition) is 2. The monoisotopic (exact) mass is 358 g/mol. The molecule has 0 spiro atoms. The van der Waals surface area contributed by atoms with E-state index < -0.39 is 0 Å². The van der Waals surface area contributed by atoms with Crippen LogP contribution in [0.3, 0.4) is 0 Å². The maximum absolute atomic E-state index is 12.6. The molecule has 1 heterocycles. The number of ether oxygens (including phenoxy) is 1. The van der Waals surface area contributed by atoms with E-state index in [1.807, 2.05) is 19.1 Å². The van der Waals surface area contributed by atoms with Crippen LogP contribution in [0.25, 0.3) is 0 Å². The summed E-state index contributed by atoms with van der Waals surface area (Å²) >= 11 is 0. The van der Waals surface area contributed by atoms with Crippen LogP contribution in [0.1, 0.15) is 22.8 Å².